The molecule has 1 saturated heterocycles. The molecule has 2 N–H and O–H groups in total. The number of carbonyl (C=O) groups is 2. The van der Waals surface area contributed by atoms with E-state index in [2.05, 4.69) is 37.2 Å². The van der Waals surface area contributed by atoms with Crippen molar-refractivity contribution in [1.29, 1.82) is 0 Å². The molecule has 2 heterocycles. The molecule has 0 bridgehead atoms. The zero-order valence-electron chi connectivity index (χ0n) is 19.8. The van der Waals surface area contributed by atoms with E-state index in [1.807, 2.05) is 47.4 Å². The van der Waals surface area contributed by atoms with Gasteiger partial charge in [0.05, 0.1) is 25.3 Å². The van der Waals surface area contributed by atoms with Gasteiger partial charge in [0.25, 0.3) is 0 Å². The number of hydrogen-bond acceptors (Lipinski definition) is 6. The lowest BCUT2D eigenvalue weighted by Crippen LogP contribution is -2.35. The highest BCUT2D eigenvalue weighted by Gasteiger charge is 2.48. The monoisotopic (exact) mass is 630 g/mol. The van der Waals surface area contributed by atoms with Gasteiger partial charge in [-0.1, -0.05) is 24.3 Å². The van der Waals surface area contributed by atoms with E-state index in [1.165, 1.54) is 0 Å². The second-order valence-corrected chi connectivity index (χ2v) is 10.6. The Balaban J connectivity index is 1.49. The lowest BCUT2D eigenvalue weighted by atomic mass is 9.82. The number of anilines is 1. The van der Waals surface area contributed by atoms with E-state index < -0.39 is 17.9 Å². The SMILES string of the molecule is COc1ccc([C@@H]2[C@@H](C(=O)O)[C@H](c3ccc4c(c3)OCO4)CN2CC(=O)Nc2c(Br)cccc2Br)cc1. The van der Waals surface area contributed by atoms with Crippen LogP contribution < -0.4 is 19.5 Å². The molecule has 3 aromatic carbocycles. The summed E-state index contributed by atoms with van der Waals surface area (Å²) in [7, 11) is 1.58. The smallest absolute Gasteiger partial charge is 0.309 e. The second kappa shape index (κ2) is 10.7. The molecule has 3 aromatic rings. The van der Waals surface area contributed by atoms with E-state index in [1.54, 1.807) is 25.3 Å². The maximum Gasteiger partial charge on any atom is 0.309 e. The molecule has 192 valence electrons. The number of benzene rings is 3. The van der Waals surface area contributed by atoms with Gasteiger partial charge in [0.15, 0.2) is 11.5 Å². The van der Waals surface area contributed by atoms with Crippen molar-refractivity contribution in [3.8, 4) is 17.2 Å². The molecule has 0 aliphatic carbocycles. The Morgan fingerprint density at radius 2 is 1.70 bits per heavy atom. The van der Waals surface area contributed by atoms with Crippen LogP contribution in [-0.4, -0.2) is 48.9 Å². The highest BCUT2D eigenvalue weighted by atomic mass is 79.9. The third-order valence-corrected chi connectivity index (χ3v) is 8.06. The third kappa shape index (κ3) is 5.18. The van der Waals surface area contributed by atoms with Gasteiger partial charge in [0.2, 0.25) is 12.7 Å². The van der Waals surface area contributed by atoms with Crippen LogP contribution in [0.25, 0.3) is 0 Å². The Morgan fingerprint density at radius 3 is 2.38 bits per heavy atom. The number of ether oxygens (including phenoxy) is 3. The van der Waals surface area contributed by atoms with Gasteiger partial charge in [-0.05, 0) is 79.4 Å². The highest BCUT2D eigenvalue weighted by molar-refractivity contribution is 9.11. The van der Waals surface area contributed by atoms with Gasteiger partial charge in [-0.15, -0.1) is 0 Å². The molecule has 37 heavy (non-hydrogen) atoms. The number of aliphatic carboxylic acids is 1. The van der Waals surface area contributed by atoms with Crippen LogP contribution in [0, 0.1) is 5.92 Å². The molecule has 0 aromatic heterocycles. The van der Waals surface area contributed by atoms with Crippen molar-refractivity contribution >= 4 is 49.4 Å². The van der Waals surface area contributed by atoms with Crippen LogP contribution in [0.4, 0.5) is 5.69 Å². The first-order chi connectivity index (χ1) is 17.9. The quantitative estimate of drug-likeness (QED) is 0.359. The molecule has 10 heteroatoms. The summed E-state index contributed by atoms with van der Waals surface area (Å²) < 4.78 is 17.7. The molecule has 2 aliphatic rings. The van der Waals surface area contributed by atoms with Crippen molar-refractivity contribution in [1.82, 2.24) is 4.90 Å². The molecule has 0 radical (unpaired) electrons. The average Bonchev–Trinajstić information content (AvgIpc) is 3.50. The molecule has 1 fully saturated rings. The molecule has 8 nitrogen and oxygen atoms in total. The second-order valence-electron chi connectivity index (χ2n) is 8.88. The lowest BCUT2D eigenvalue weighted by molar-refractivity contribution is -0.143. The Labute approximate surface area is 230 Å². The zero-order valence-corrected chi connectivity index (χ0v) is 23.0. The van der Waals surface area contributed by atoms with E-state index in [0.29, 0.717) is 29.5 Å². The molecule has 1 amide bonds. The van der Waals surface area contributed by atoms with Crippen LogP contribution in [0.1, 0.15) is 23.1 Å². The number of carbonyl (C=O) groups excluding carboxylic acids is 1. The van der Waals surface area contributed by atoms with E-state index in [9.17, 15) is 14.7 Å². The first-order valence-electron chi connectivity index (χ1n) is 11.6. The van der Waals surface area contributed by atoms with E-state index in [-0.39, 0.29) is 25.2 Å². The van der Waals surface area contributed by atoms with Gasteiger partial charge in [-0.2, -0.15) is 0 Å². The predicted molar refractivity (Wildman–Crippen MR) is 144 cm³/mol. The number of carboxylic acid groups (broad SMARTS) is 1. The average molecular weight is 632 g/mol. The maximum absolute atomic E-state index is 13.2. The van der Waals surface area contributed by atoms with Crippen molar-refractivity contribution in [3.05, 3.63) is 80.7 Å². The Morgan fingerprint density at radius 1 is 1.03 bits per heavy atom. The van der Waals surface area contributed by atoms with Gasteiger partial charge < -0.3 is 24.6 Å². The van der Waals surface area contributed by atoms with Gasteiger partial charge in [-0.3, -0.25) is 14.5 Å². The summed E-state index contributed by atoms with van der Waals surface area (Å²) in [6.45, 7) is 0.518. The first kappa shape index (κ1) is 25.6. The van der Waals surface area contributed by atoms with Crippen LogP contribution in [0.3, 0.4) is 0 Å². The molecule has 5 rings (SSSR count). The molecular weight excluding hydrogens is 608 g/mol. The number of hydrogen-bond donors (Lipinski definition) is 2. The third-order valence-electron chi connectivity index (χ3n) is 6.74. The van der Waals surface area contributed by atoms with Gasteiger partial charge >= 0.3 is 5.97 Å². The summed E-state index contributed by atoms with van der Waals surface area (Å²) in [5.74, 6) is -0.447. The fourth-order valence-corrected chi connectivity index (χ4v) is 6.25. The molecule has 3 atom stereocenters. The summed E-state index contributed by atoms with van der Waals surface area (Å²) in [6, 6.07) is 17.9. The van der Waals surface area contributed by atoms with E-state index >= 15 is 0 Å². The van der Waals surface area contributed by atoms with Crippen molar-refractivity contribution < 1.29 is 28.9 Å². The first-order valence-corrected chi connectivity index (χ1v) is 13.2. The fourth-order valence-electron chi connectivity index (χ4n) is 5.05. The van der Waals surface area contributed by atoms with Crippen LogP contribution in [0.2, 0.25) is 0 Å². The predicted octanol–water partition coefficient (Wildman–Crippen LogP) is 5.43. The number of carboxylic acids is 1. The summed E-state index contributed by atoms with van der Waals surface area (Å²) in [5, 5.41) is 13.4. The van der Waals surface area contributed by atoms with E-state index in [4.69, 9.17) is 14.2 Å². The van der Waals surface area contributed by atoms with Gasteiger partial charge in [0, 0.05) is 27.4 Å². The minimum Gasteiger partial charge on any atom is -0.497 e. The number of nitrogens with one attached hydrogen (secondary N) is 1. The largest absolute Gasteiger partial charge is 0.497 e. The number of nitrogens with zero attached hydrogens (tertiary/aromatic N) is 1. The standard InChI is InChI=1S/C27H24Br2N2O6/c1-35-17-8-5-15(6-9-17)26-24(27(33)34)18(16-7-10-21-22(11-16)37-14-36-21)12-31(26)13-23(32)30-25-19(28)3-2-4-20(25)29/h2-11,18,24,26H,12-14H2,1H3,(H,30,32)(H,33,34)/t18-,24-,26+/m0/s1. The highest BCUT2D eigenvalue weighted by Crippen LogP contribution is 2.47. The normalized spacial score (nSPS) is 20.6. The molecular formula is C27H24Br2N2O6. The Kier molecular flexibility index (Phi) is 7.41. The number of likely N-dealkylation sites (tertiary alicyclic amines) is 1. The number of rotatable bonds is 7. The topological polar surface area (TPSA) is 97.3 Å². The summed E-state index contributed by atoms with van der Waals surface area (Å²) in [6.07, 6.45) is 0. The summed E-state index contributed by atoms with van der Waals surface area (Å²) in [4.78, 5) is 27.9. The zero-order chi connectivity index (χ0) is 26.1. The van der Waals surface area contributed by atoms with Crippen LogP contribution in [0.5, 0.6) is 17.2 Å². The van der Waals surface area contributed by atoms with Crippen LogP contribution >= 0.6 is 31.9 Å². The number of methoxy groups -OCH3 is 1. The van der Waals surface area contributed by atoms with E-state index in [0.717, 1.165) is 20.1 Å². The maximum atomic E-state index is 13.2. The van der Waals surface area contributed by atoms with Crippen molar-refractivity contribution in [3.63, 3.8) is 0 Å². The van der Waals surface area contributed by atoms with Crippen molar-refractivity contribution in [2.24, 2.45) is 5.92 Å². The Hall–Kier alpha value is -3.08. The summed E-state index contributed by atoms with van der Waals surface area (Å²) in [5.41, 5.74) is 2.24. The number of amides is 1. The minimum absolute atomic E-state index is 0.00923. The summed E-state index contributed by atoms with van der Waals surface area (Å²) >= 11 is 6.95. The molecule has 0 spiro atoms. The number of fused-ring (bicyclic) bond motifs is 1. The molecule has 0 saturated carbocycles. The van der Waals surface area contributed by atoms with Crippen molar-refractivity contribution in [2.45, 2.75) is 12.0 Å². The van der Waals surface area contributed by atoms with Gasteiger partial charge in [0.1, 0.15) is 5.75 Å². The lowest BCUT2D eigenvalue weighted by Gasteiger charge is -2.27. The molecule has 0 unspecified atom stereocenters. The fraction of sp³-hybridized carbons (Fsp3) is 0.259. The van der Waals surface area contributed by atoms with Crippen molar-refractivity contribution in [2.75, 3.05) is 32.3 Å². The van der Waals surface area contributed by atoms with Gasteiger partial charge in [-0.25, -0.2) is 0 Å². The minimum atomic E-state index is -0.931. The molecule has 2 aliphatic heterocycles. The Bertz CT molecular complexity index is 1310. The number of para-hydroxylation sites is 1. The van der Waals surface area contributed by atoms with Crippen LogP contribution in [0.15, 0.2) is 69.6 Å². The number of halogens is 2. The van der Waals surface area contributed by atoms with Crippen LogP contribution in [-0.2, 0) is 9.59 Å².